The van der Waals surface area contributed by atoms with Crippen LogP contribution in [-0.4, -0.2) is 37.1 Å². The van der Waals surface area contributed by atoms with Crippen LogP contribution in [-0.2, 0) is 16.1 Å². The number of rotatable bonds is 6. The Balaban J connectivity index is 1.91. The fraction of sp³-hybridized carbons (Fsp3) is 0.278. The summed E-state index contributed by atoms with van der Waals surface area (Å²) in [5, 5.41) is 2.75. The lowest BCUT2D eigenvalue weighted by atomic mass is 10.2. The normalized spacial score (nSPS) is 11.5. The number of amides is 1. The summed E-state index contributed by atoms with van der Waals surface area (Å²) in [4.78, 5) is 30.1. The number of nitrogens with zero attached hydrogens (tertiary/aromatic N) is 2. The van der Waals surface area contributed by atoms with Gasteiger partial charge in [-0.05, 0) is 24.6 Å². The Kier molecular flexibility index (Phi) is 5.89. The number of nitrogens with one attached hydrogen (secondary N) is 1. The van der Waals surface area contributed by atoms with Gasteiger partial charge in [0.1, 0.15) is 5.82 Å². The van der Waals surface area contributed by atoms with Crippen LogP contribution in [0.5, 0.6) is 0 Å². The first kappa shape index (κ1) is 17.5. The molecule has 2 aromatic rings. The minimum absolute atomic E-state index is 0.339. The van der Waals surface area contributed by atoms with Crippen LogP contribution < -0.4 is 10.2 Å². The molecule has 0 bridgehead atoms. The largest absolute Gasteiger partial charge is 0.449 e. The lowest BCUT2D eigenvalue weighted by Crippen LogP contribution is -2.35. The van der Waals surface area contributed by atoms with Gasteiger partial charge in [0.05, 0.1) is 5.56 Å². The summed E-state index contributed by atoms with van der Waals surface area (Å²) in [5.74, 6) is -0.248. The molecule has 1 unspecified atom stereocenters. The third-order valence-corrected chi connectivity index (χ3v) is 3.40. The van der Waals surface area contributed by atoms with Crippen molar-refractivity contribution in [3.05, 3.63) is 59.8 Å². The molecular formula is C18H21N3O3. The Morgan fingerprint density at radius 2 is 1.92 bits per heavy atom. The zero-order valence-electron chi connectivity index (χ0n) is 14.0. The molecule has 6 heteroatoms. The lowest BCUT2D eigenvalue weighted by molar-refractivity contribution is -0.129. The standard InChI is InChI=1S/C18H21N3O3/c1-13(17(22)20-12-14-7-5-4-6-8-14)24-18(23)15-9-10-19-16(11-15)21(2)3/h4-11,13H,12H2,1-3H3,(H,20,22). The molecule has 2 rings (SSSR count). The predicted molar refractivity (Wildman–Crippen MR) is 91.7 cm³/mol. The van der Waals surface area contributed by atoms with Crippen molar-refractivity contribution < 1.29 is 14.3 Å². The summed E-state index contributed by atoms with van der Waals surface area (Å²) in [6.45, 7) is 1.94. The van der Waals surface area contributed by atoms with Gasteiger partial charge in [-0.25, -0.2) is 9.78 Å². The van der Waals surface area contributed by atoms with Crippen molar-refractivity contribution >= 4 is 17.7 Å². The number of pyridine rings is 1. The van der Waals surface area contributed by atoms with E-state index in [1.54, 1.807) is 24.0 Å². The zero-order valence-corrected chi connectivity index (χ0v) is 14.0. The number of carbonyl (C=O) groups is 2. The highest BCUT2D eigenvalue weighted by Gasteiger charge is 2.19. The predicted octanol–water partition coefficient (Wildman–Crippen LogP) is 2.01. The van der Waals surface area contributed by atoms with Crippen LogP contribution in [0.1, 0.15) is 22.8 Å². The summed E-state index contributed by atoms with van der Waals surface area (Å²) in [5.41, 5.74) is 1.34. The van der Waals surface area contributed by atoms with Gasteiger partial charge < -0.3 is 15.0 Å². The van der Waals surface area contributed by atoms with Gasteiger partial charge in [0.2, 0.25) is 0 Å². The number of aromatic nitrogens is 1. The van der Waals surface area contributed by atoms with Crippen LogP contribution >= 0.6 is 0 Å². The van der Waals surface area contributed by atoms with E-state index in [-0.39, 0.29) is 5.91 Å². The Morgan fingerprint density at radius 3 is 2.58 bits per heavy atom. The monoisotopic (exact) mass is 327 g/mol. The van der Waals surface area contributed by atoms with Crippen molar-refractivity contribution in [3.63, 3.8) is 0 Å². The fourth-order valence-electron chi connectivity index (χ4n) is 2.00. The molecule has 1 heterocycles. The molecule has 126 valence electrons. The Bertz CT molecular complexity index is 702. The van der Waals surface area contributed by atoms with Crippen molar-refractivity contribution in [3.8, 4) is 0 Å². The van der Waals surface area contributed by atoms with E-state index < -0.39 is 12.1 Å². The van der Waals surface area contributed by atoms with Crippen molar-refractivity contribution in [1.82, 2.24) is 10.3 Å². The van der Waals surface area contributed by atoms with Gasteiger partial charge >= 0.3 is 5.97 Å². The van der Waals surface area contributed by atoms with E-state index in [4.69, 9.17) is 4.74 Å². The number of hydrogen-bond acceptors (Lipinski definition) is 5. The topological polar surface area (TPSA) is 71.5 Å². The number of ether oxygens (including phenoxy) is 1. The number of esters is 1. The zero-order chi connectivity index (χ0) is 17.5. The van der Waals surface area contributed by atoms with Crippen LogP contribution in [0.3, 0.4) is 0 Å². The van der Waals surface area contributed by atoms with Crippen LogP contribution in [0, 0.1) is 0 Å². The smallest absolute Gasteiger partial charge is 0.339 e. The molecule has 0 aliphatic heterocycles. The fourth-order valence-corrected chi connectivity index (χ4v) is 2.00. The second-order valence-electron chi connectivity index (χ2n) is 5.55. The van der Waals surface area contributed by atoms with Gasteiger partial charge in [0, 0.05) is 26.8 Å². The molecule has 1 aromatic heterocycles. The number of anilines is 1. The molecule has 0 radical (unpaired) electrons. The second-order valence-corrected chi connectivity index (χ2v) is 5.55. The van der Waals surface area contributed by atoms with Gasteiger partial charge in [0.25, 0.3) is 5.91 Å². The van der Waals surface area contributed by atoms with Crippen molar-refractivity contribution in [2.75, 3.05) is 19.0 Å². The molecule has 0 spiro atoms. The van der Waals surface area contributed by atoms with Gasteiger partial charge in [-0.2, -0.15) is 0 Å². The van der Waals surface area contributed by atoms with Crippen LogP contribution in [0.4, 0.5) is 5.82 Å². The van der Waals surface area contributed by atoms with E-state index in [1.807, 2.05) is 44.4 Å². The molecule has 1 amide bonds. The van der Waals surface area contributed by atoms with Crippen LogP contribution in [0.2, 0.25) is 0 Å². The van der Waals surface area contributed by atoms with Crippen LogP contribution in [0.15, 0.2) is 48.7 Å². The highest BCUT2D eigenvalue weighted by molar-refractivity contribution is 5.92. The van der Waals surface area contributed by atoms with Gasteiger partial charge in [-0.15, -0.1) is 0 Å². The molecule has 0 aliphatic rings. The van der Waals surface area contributed by atoms with E-state index in [0.29, 0.717) is 17.9 Å². The average molecular weight is 327 g/mol. The minimum atomic E-state index is -0.878. The Morgan fingerprint density at radius 1 is 1.21 bits per heavy atom. The SMILES string of the molecule is CC(OC(=O)c1ccnc(N(C)C)c1)C(=O)NCc1ccccc1. The number of benzene rings is 1. The first-order chi connectivity index (χ1) is 11.5. The van der Waals surface area contributed by atoms with E-state index in [9.17, 15) is 9.59 Å². The maximum atomic E-state index is 12.2. The Labute approximate surface area is 141 Å². The molecule has 1 atom stereocenters. The highest BCUT2D eigenvalue weighted by Crippen LogP contribution is 2.11. The maximum absolute atomic E-state index is 12.2. The van der Waals surface area contributed by atoms with Crippen molar-refractivity contribution in [2.24, 2.45) is 0 Å². The van der Waals surface area contributed by atoms with E-state index in [0.717, 1.165) is 5.56 Å². The summed E-state index contributed by atoms with van der Waals surface area (Å²) >= 11 is 0. The molecule has 24 heavy (non-hydrogen) atoms. The minimum Gasteiger partial charge on any atom is -0.449 e. The lowest BCUT2D eigenvalue weighted by Gasteiger charge is -2.15. The molecule has 0 aliphatic carbocycles. The molecular weight excluding hydrogens is 306 g/mol. The van der Waals surface area contributed by atoms with E-state index in [1.165, 1.54) is 6.20 Å². The summed E-state index contributed by atoms with van der Waals surface area (Å²) in [7, 11) is 3.66. The molecule has 0 saturated heterocycles. The van der Waals surface area contributed by atoms with Crippen molar-refractivity contribution in [1.29, 1.82) is 0 Å². The summed E-state index contributed by atoms with van der Waals surface area (Å²) in [6, 6.07) is 12.7. The average Bonchev–Trinajstić information content (AvgIpc) is 2.60. The second kappa shape index (κ2) is 8.10. The highest BCUT2D eigenvalue weighted by atomic mass is 16.5. The molecule has 1 aromatic carbocycles. The van der Waals surface area contributed by atoms with Gasteiger partial charge in [-0.3, -0.25) is 4.79 Å². The quantitative estimate of drug-likeness (QED) is 0.822. The van der Waals surface area contributed by atoms with Crippen LogP contribution in [0.25, 0.3) is 0 Å². The van der Waals surface area contributed by atoms with Gasteiger partial charge in [-0.1, -0.05) is 30.3 Å². The third-order valence-electron chi connectivity index (χ3n) is 3.40. The molecule has 0 saturated carbocycles. The first-order valence-electron chi connectivity index (χ1n) is 7.63. The van der Waals surface area contributed by atoms with Gasteiger partial charge in [0.15, 0.2) is 6.10 Å². The van der Waals surface area contributed by atoms with E-state index in [2.05, 4.69) is 10.3 Å². The van der Waals surface area contributed by atoms with E-state index >= 15 is 0 Å². The number of carbonyl (C=O) groups excluding carboxylic acids is 2. The Hall–Kier alpha value is -2.89. The first-order valence-corrected chi connectivity index (χ1v) is 7.63. The third kappa shape index (κ3) is 4.81. The maximum Gasteiger partial charge on any atom is 0.339 e. The molecule has 6 nitrogen and oxygen atoms in total. The molecule has 1 N–H and O–H groups in total. The summed E-state index contributed by atoms with van der Waals surface area (Å²) in [6.07, 6.45) is 0.656. The summed E-state index contributed by atoms with van der Waals surface area (Å²) < 4.78 is 5.22. The van der Waals surface area contributed by atoms with Crippen molar-refractivity contribution in [2.45, 2.75) is 19.6 Å². The molecule has 0 fully saturated rings. The number of hydrogen-bond donors (Lipinski definition) is 1.